The minimum atomic E-state index is -0.719. The van der Waals surface area contributed by atoms with Gasteiger partial charge >= 0.3 is 0 Å². The first-order valence-electron chi connectivity index (χ1n) is 9.21. The maximum absolute atomic E-state index is 13.2. The van der Waals surface area contributed by atoms with Crippen LogP contribution in [0.25, 0.3) is 0 Å². The highest BCUT2D eigenvalue weighted by Crippen LogP contribution is 2.27. The first-order valence-corrected chi connectivity index (χ1v) is 10.4. The summed E-state index contributed by atoms with van der Waals surface area (Å²) in [5, 5.41) is 3.16. The van der Waals surface area contributed by atoms with Gasteiger partial charge in [-0.25, -0.2) is 4.39 Å². The monoisotopic (exact) mass is 484 g/mol. The number of amides is 2. The number of hydrogen-bond donors (Lipinski definition) is 1. The first-order chi connectivity index (χ1) is 13.8. The SMILES string of the molecule is CCCNC(=O)[C@@H](C)N(Cc1ccc(F)cc1)C(=O)COc1ccc(Br)cc1Cl. The van der Waals surface area contributed by atoms with Gasteiger partial charge in [0.1, 0.15) is 17.6 Å². The molecule has 29 heavy (non-hydrogen) atoms. The van der Waals surface area contributed by atoms with E-state index in [4.69, 9.17) is 16.3 Å². The van der Waals surface area contributed by atoms with Crippen molar-refractivity contribution in [2.24, 2.45) is 0 Å². The highest BCUT2D eigenvalue weighted by Gasteiger charge is 2.26. The fourth-order valence-corrected chi connectivity index (χ4v) is 3.31. The molecule has 0 radical (unpaired) electrons. The highest BCUT2D eigenvalue weighted by molar-refractivity contribution is 9.10. The van der Waals surface area contributed by atoms with Crippen molar-refractivity contribution in [3.8, 4) is 5.75 Å². The molecule has 0 aliphatic heterocycles. The van der Waals surface area contributed by atoms with Crippen molar-refractivity contribution < 1.29 is 18.7 Å². The molecule has 2 aromatic rings. The molecule has 1 N–H and O–H groups in total. The Labute approximate surface area is 183 Å². The van der Waals surface area contributed by atoms with Crippen LogP contribution in [-0.2, 0) is 16.1 Å². The number of carbonyl (C=O) groups is 2. The van der Waals surface area contributed by atoms with E-state index in [0.29, 0.717) is 22.9 Å². The minimum absolute atomic E-state index is 0.150. The quantitative estimate of drug-likeness (QED) is 0.566. The summed E-state index contributed by atoms with van der Waals surface area (Å²) in [6.07, 6.45) is 0.787. The smallest absolute Gasteiger partial charge is 0.261 e. The van der Waals surface area contributed by atoms with Gasteiger partial charge in [0.25, 0.3) is 5.91 Å². The van der Waals surface area contributed by atoms with Crippen molar-refractivity contribution in [3.05, 3.63) is 63.3 Å². The molecule has 0 spiro atoms. The molecule has 0 saturated carbocycles. The molecule has 0 aliphatic rings. The van der Waals surface area contributed by atoms with Crippen LogP contribution in [0.3, 0.4) is 0 Å². The summed E-state index contributed by atoms with van der Waals surface area (Å²) in [6, 6.07) is 10.2. The van der Waals surface area contributed by atoms with Gasteiger partial charge in [-0.3, -0.25) is 9.59 Å². The molecular formula is C21H23BrClFN2O3. The van der Waals surface area contributed by atoms with Crippen molar-refractivity contribution >= 4 is 39.3 Å². The van der Waals surface area contributed by atoms with E-state index in [1.165, 1.54) is 17.0 Å². The number of nitrogens with one attached hydrogen (secondary N) is 1. The summed E-state index contributed by atoms with van der Waals surface area (Å²) < 4.78 is 19.6. The first kappa shape index (κ1) is 23.2. The number of halogens is 3. The Kier molecular flexibility index (Phi) is 8.92. The molecule has 2 rings (SSSR count). The molecule has 2 amide bonds. The lowest BCUT2D eigenvalue weighted by atomic mass is 10.1. The number of benzene rings is 2. The van der Waals surface area contributed by atoms with Crippen LogP contribution in [0.2, 0.25) is 5.02 Å². The van der Waals surface area contributed by atoms with E-state index in [1.807, 2.05) is 6.92 Å². The van der Waals surface area contributed by atoms with Gasteiger partial charge in [-0.15, -0.1) is 0 Å². The molecule has 2 aromatic carbocycles. The second-order valence-corrected chi connectivity index (χ2v) is 7.80. The van der Waals surface area contributed by atoms with Gasteiger partial charge in [0.2, 0.25) is 5.91 Å². The minimum Gasteiger partial charge on any atom is -0.482 e. The Hall–Kier alpha value is -2.12. The second-order valence-electron chi connectivity index (χ2n) is 6.48. The highest BCUT2D eigenvalue weighted by atomic mass is 79.9. The number of ether oxygens (including phenoxy) is 1. The summed E-state index contributed by atoms with van der Waals surface area (Å²) >= 11 is 9.44. The fraction of sp³-hybridized carbons (Fsp3) is 0.333. The number of carbonyl (C=O) groups excluding carboxylic acids is 2. The van der Waals surface area contributed by atoms with E-state index in [2.05, 4.69) is 21.2 Å². The van der Waals surface area contributed by atoms with E-state index in [1.54, 1.807) is 37.3 Å². The lowest BCUT2D eigenvalue weighted by Crippen LogP contribution is -2.49. The van der Waals surface area contributed by atoms with Crippen LogP contribution in [0.5, 0.6) is 5.75 Å². The third-order valence-corrected chi connectivity index (χ3v) is 5.02. The van der Waals surface area contributed by atoms with Crippen LogP contribution < -0.4 is 10.1 Å². The molecule has 0 aliphatic carbocycles. The summed E-state index contributed by atoms with van der Waals surface area (Å²) in [5.41, 5.74) is 0.705. The fourth-order valence-electron chi connectivity index (χ4n) is 2.58. The predicted octanol–water partition coefficient (Wildman–Crippen LogP) is 4.56. The summed E-state index contributed by atoms with van der Waals surface area (Å²) in [4.78, 5) is 26.7. The van der Waals surface area contributed by atoms with Crippen molar-refractivity contribution in [2.75, 3.05) is 13.2 Å². The molecule has 0 saturated heterocycles. The van der Waals surface area contributed by atoms with Gasteiger partial charge in [0.05, 0.1) is 5.02 Å². The molecule has 0 bridgehead atoms. The standard InChI is InChI=1S/C21H23BrClFN2O3/c1-3-10-25-21(28)14(2)26(12-15-4-7-17(24)8-5-15)20(27)13-29-19-9-6-16(22)11-18(19)23/h4-9,11,14H,3,10,12-13H2,1-2H3,(H,25,28)/t14-/m1/s1. The lowest BCUT2D eigenvalue weighted by Gasteiger charge is -2.28. The van der Waals surface area contributed by atoms with E-state index in [-0.39, 0.29) is 30.8 Å². The normalized spacial score (nSPS) is 11.6. The molecule has 1 atom stereocenters. The maximum Gasteiger partial charge on any atom is 0.261 e. The van der Waals surface area contributed by atoms with Crippen LogP contribution in [0.15, 0.2) is 46.9 Å². The van der Waals surface area contributed by atoms with Crippen molar-refractivity contribution in [1.29, 1.82) is 0 Å². The van der Waals surface area contributed by atoms with Crippen LogP contribution in [0.1, 0.15) is 25.8 Å². The topological polar surface area (TPSA) is 58.6 Å². The Morgan fingerprint density at radius 2 is 1.93 bits per heavy atom. The maximum atomic E-state index is 13.2. The number of nitrogens with zero attached hydrogens (tertiary/aromatic N) is 1. The van der Waals surface area contributed by atoms with Gasteiger partial charge in [-0.1, -0.05) is 46.6 Å². The predicted molar refractivity (Wildman–Crippen MR) is 114 cm³/mol. The summed E-state index contributed by atoms with van der Waals surface area (Å²) in [6.45, 7) is 3.99. The number of hydrogen-bond acceptors (Lipinski definition) is 3. The Bertz CT molecular complexity index is 848. The lowest BCUT2D eigenvalue weighted by molar-refractivity contribution is -0.142. The zero-order valence-corrected chi connectivity index (χ0v) is 18.6. The second kappa shape index (κ2) is 11.2. The van der Waals surface area contributed by atoms with E-state index in [9.17, 15) is 14.0 Å². The Morgan fingerprint density at radius 1 is 1.24 bits per heavy atom. The van der Waals surface area contributed by atoms with Gasteiger partial charge < -0.3 is 15.0 Å². The largest absolute Gasteiger partial charge is 0.482 e. The molecule has 0 fully saturated rings. The average molecular weight is 486 g/mol. The van der Waals surface area contributed by atoms with Crippen LogP contribution in [0, 0.1) is 5.82 Å². The molecule has 156 valence electrons. The zero-order valence-electron chi connectivity index (χ0n) is 16.3. The molecule has 0 unspecified atom stereocenters. The third kappa shape index (κ3) is 7.01. The van der Waals surface area contributed by atoms with Gasteiger partial charge in [0, 0.05) is 17.6 Å². The van der Waals surface area contributed by atoms with Crippen LogP contribution >= 0.6 is 27.5 Å². The number of rotatable bonds is 9. The summed E-state index contributed by atoms with van der Waals surface area (Å²) in [7, 11) is 0. The Morgan fingerprint density at radius 3 is 2.55 bits per heavy atom. The van der Waals surface area contributed by atoms with Gasteiger partial charge in [-0.05, 0) is 49.2 Å². The van der Waals surface area contributed by atoms with E-state index < -0.39 is 6.04 Å². The third-order valence-electron chi connectivity index (χ3n) is 4.23. The average Bonchev–Trinajstić information content (AvgIpc) is 2.70. The van der Waals surface area contributed by atoms with Crippen molar-refractivity contribution in [2.45, 2.75) is 32.9 Å². The van der Waals surface area contributed by atoms with Crippen molar-refractivity contribution in [3.63, 3.8) is 0 Å². The Balaban J connectivity index is 2.14. The summed E-state index contributed by atoms with van der Waals surface area (Å²) in [5.74, 6) is -0.641. The van der Waals surface area contributed by atoms with E-state index in [0.717, 1.165) is 10.9 Å². The molecule has 0 heterocycles. The molecule has 8 heteroatoms. The molecular weight excluding hydrogens is 463 g/mol. The van der Waals surface area contributed by atoms with Crippen LogP contribution in [-0.4, -0.2) is 35.9 Å². The molecule has 5 nitrogen and oxygen atoms in total. The van der Waals surface area contributed by atoms with Crippen molar-refractivity contribution in [1.82, 2.24) is 10.2 Å². The van der Waals surface area contributed by atoms with Gasteiger partial charge in [-0.2, -0.15) is 0 Å². The molecule has 0 aromatic heterocycles. The van der Waals surface area contributed by atoms with E-state index >= 15 is 0 Å². The van der Waals surface area contributed by atoms with Gasteiger partial charge in [0.15, 0.2) is 6.61 Å². The van der Waals surface area contributed by atoms with Crippen LogP contribution in [0.4, 0.5) is 4.39 Å². The zero-order chi connectivity index (χ0) is 21.4.